The Hall–Kier alpha value is -1.75. The summed E-state index contributed by atoms with van der Waals surface area (Å²) in [5.41, 5.74) is 7.61. The maximum absolute atomic E-state index is 10.7. The molecule has 18 heavy (non-hydrogen) atoms. The first-order chi connectivity index (χ1) is 8.58. The van der Waals surface area contributed by atoms with E-state index in [0.717, 1.165) is 17.5 Å². The van der Waals surface area contributed by atoms with Crippen LogP contribution >= 0.6 is 0 Å². The number of carbonyl (C=O) groups is 1. The molecule has 0 bridgehead atoms. The van der Waals surface area contributed by atoms with Gasteiger partial charge in [-0.2, -0.15) is 0 Å². The second kappa shape index (κ2) is 5.27. The summed E-state index contributed by atoms with van der Waals surface area (Å²) in [6.45, 7) is 3.13. The van der Waals surface area contributed by atoms with E-state index in [0.29, 0.717) is 24.7 Å². The Bertz CT molecular complexity index is 459. The highest BCUT2D eigenvalue weighted by Crippen LogP contribution is 2.34. The summed E-state index contributed by atoms with van der Waals surface area (Å²) in [6, 6.07) is 3.13. The average molecular weight is 251 g/mol. The van der Waals surface area contributed by atoms with Crippen LogP contribution in [0.15, 0.2) is 12.1 Å². The lowest BCUT2D eigenvalue weighted by molar-refractivity contribution is -0.137. The van der Waals surface area contributed by atoms with Crippen LogP contribution in [0, 0.1) is 6.92 Å². The number of fused-ring (bicyclic) bond motifs is 1. The van der Waals surface area contributed by atoms with Gasteiger partial charge in [-0.1, -0.05) is 0 Å². The third kappa shape index (κ3) is 2.73. The Morgan fingerprint density at radius 2 is 2.00 bits per heavy atom. The number of aryl methyl sites for hydroxylation is 1. The number of nitrogens with two attached hydrogens (primary N) is 1. The van der Waals surface area contributed by atoms with Crippen LogP contribution in [-0.2, 0) is 4.79 Å². The summed E-state index contributed by atoms with van der Waals surface area (Å²) in [5, 5.41) is 8.78. The van der Waals surface area contributed by atoms with Crippen molar-refractivity contribution >= 4 is 5.97 Å². The molecule has 1 aliphatic rings. The first-order valence-corrected chi connectivity index (χ1v) is 5.95. The fourth-order valence-electron chi connectivity index (χ4n) is 2.02. The van der Waals surface area contributed by atoms with Crippen molar-refractivity contribution in [2.75, 3.05) is 13.2 Å². The van der Waals surface area contributed by atoms with E-state index in [4.69, 9.17) is 20.3 Å². The van der Waals surface area contributed by atoms with Crippen LogP contribution in [0.25, 0.3) is 0 Å². The molecule has 3 N–H and O–H groups in total. The second-order valence-electron chi connectivity index (χ2n) is 4.41. The predicted molar refractivity (Wildman–Crippen MR) is 66.0 cm³/mol. The second-order valence-corrected chi connectivity index (χ2v) is 4.41. The molecule has 0 aliphatic carbocycles. The van der Waals surface area contributed by atoms with Crippen LogP contribution in [0.2, 0.25) is 0 Å². The van der Waals surface area contributed by atoms with E-state index in [9.17, 15) is 4.79 Å². The van der Waals surface area contributed by atoms with Gasteiger partial charge in [0.05, 0.1) is 19.6 Å². The third-order valence-electron chi connectivity index (χ3n) is 2.93. The molecule has 1 atom stereocenters. The van der Waals surface area contributed by atoms with Gasteiger partial charge >= 0.3 is 5.97 Å². The molecule has 0 fully saturated rings. The maximum Gasteiger partial charge on any atom is 0.305 e. The van der Waals surface area contributed by atoms with Crippen molar-refractivity contribution in [3.05, 3.63) is 23.3 Å². The van der Waals surface area contributed by atoms with Crippen molar-refractivity contribution in [3.63, 3.8) is 0 Å². The fourth-order valence-corrected chi connectivity index (χ4v) is 2.02. The summed E-state index contributed by atoms with van der Waals surface area (Å²) in [4.78, 5) is 10.7. The number of carboxylic acid groups (broad SMARTS) is 1. The van der Waals surface area contributed by atoms with Crippen molar-refractivity contribution in [3.8, 4) is 11.5 Å². The maximum atomic E-state index is 10.7. The van der Waals surface area contributed by atoms with Gasteiger partial charge in [0.1, 0.15) is 0 Å². The largest absolute Gasteiger partial charge is 0.490 e. The molecule has 0 spiro atoms. The Morgan fingerprint density at radius 3 is 2.61 bits per heavy atom. The zero-order chi connectivity index (χ0) is 13.1. The summed E-state index contributed by atoms with van der Waals surface area (Å²) in [5.74, 6) is 0.444. The summed E-state index contributed by atoms with van der Waals surface area (Å²) >= 11 is 0. The molecule has 5 heteroatoms. The summed E-state index contributed by atoms with van der Waals surface area (Å²) in [6.07, 6.45) is 0.741. The molecule has 1 aromatic carbocycles. The van der Waals surface area contributed by atoms with Crippen LogP contribution in [0.4, 0.5) is 0 Å². The molecule has 5 nitrogen and oxygen atoms in total. The molecule has 1 aromatic rings. The zero-order valence-electron chi connectivity index (χ0n) is 10.3. The van der Waals surface area contributed by atoms with Crippen LogP contribution < -0.4 is 15.2 Å². The lowest BCUT2D eigenvalue weighted by Crippen LogP contribution is -2.16. The standard InChI is InChI=1S/C13H17NO4/c1-8-5-11-12(18-4-2-3-17-11)6-9(8)10(14)7-13(15)16/h5-6,10H,2-4,7,14H2,1H3,(H,15,16). The van der Waals surface area contributed by atoms with E-state index in [-0.39, 0.29) is 6.42 Å². The van der Waals surface area contributed by atoms with Gasteiger partial charge in [0.2, 0.25) is 0 Å². The number of aliphatic carboxylic acids is 1. The van der Waals surface area contributed by atoms with Gasteiger partial charge < -0.3 is 20.3 Å². The van der Waals surface area contributed by atoms with Gasteiger partial charge in [0.25, 0.3) is 0 Å². The van der Waals surface area contributed by atoms with Crippen LogP contribution in [0.5, 0.6) is 11.5 Å². The number of rotatable bonds is 3. The highest BCUT2D eigenvalue weighted by molar-refractivity contribution is 5.68. The van der Waals surface area contributed by atoms with Gasteiger partial charge in [-0.3, -0.25) is 4.79 Å². The van der Waals surface area contributed by atoms with E-state index in [2.05, 4.69) is 0 Å². The van der Waals surface area contributed by atoms with Crippen molar-refractivity contribution in [1.29, 1.82) is 0 Å². The zero-order valence-corrected chi connectivity index (χ0v) is 10.3. The lowest BCUT2D eigenvalue weighted by atomic mass is 9.98. The monoisotopic (exact) mass is 251 g/mol. The number of benzene rings is 1. The average Bonchev–Trinajstić information content (AvgIpc) is 2.51. The molecular formula is C13H17NO4. The number of hydrogen-bond acceptors (Lipinski definition) is 4. The van der Waals surface area contributed by atoms with Crippen LogP contribution in [-0.4, -0.2) is 24.3 Å². The molecule has 2 rings (SSSR count). The van der Waals surface area contributed by atoms with E-state index in [1.54, 1.807) is 6.07 Å². The first-order valence-electron chi connectivity index (χ1n) is 5.95. The summed E-state index contributed by atoms with van der Waals surface area (Å²) in [7, 11) is 0. The van der Waals surface area contributed by atoms with Gasteiger partial charge in [-0.05, 0) is 30.2 Å². The van der Waals surface area contributed by atoms with E-state index in [1.807, 2.05) is 13.0 Å². The van der Waals surface area contributed by atoms with Gasteiger partial charge in [0, 0.05) is 12.5 Å². The minimum absolute atomic E-state index is 0.0967. The summed E-state index contributed by atoms with van der Waals surface area (Å²) < 4.78 is 11.1. The predicted octanol–water partition coefficient (Wildman–Crippen LogP) is 1.63. The van der Waals surface area contributed by atoms with Crippen LogP contribution in [0.1, 0.15) is 30.0 Å². The molecule has 98 valence electrons. The molecule has 0 radical (unpaired) electrons. The van der Waals surface area contributed by atoms with E-state index < -0.39 is 12.0 Å². The Labute approximate surface area is 106 Å². The van der Waals surface area contributed by atoms with Gasteiger partial charge in [0.15, 0.2) is 11.5 Å². The number of ether oxygens (including phenoxy) is 2. The van der Waals surface area contributed by atoms with Crippen molar-refractivity contribution in [1.82, 2.24) is 0 Å². The number of carboxylic acids is 1. The first kappa shape index (κ1) is 12.7. The van der Waals surface area contributed by atoms with Crippen molar-refractivity contribution in [2.24, 2.45) is 5.73 Å². The highest BCUT2D eigenvalue weighted by Gasteiger charge is 2.18. The lowest BCUT2D eigenvalue weighted by Gasteiger charge is -2.16. The van der Waals surface area contributed by atoms with Crippen LogP contribution in [0.3, 0.4) is 0 Å². The molecule has 1 unspecified atom stereocenters. The Morgan fingerprint density at radius 1 is 1.39 bits per heavy atom. The van der Waals surface area contributed by atoms with E-state index >= 15 is 0 Å². The molecule has 0 aromatic heterocycles. The van der Waals surface area contributed by atoms with Crippen molar-refractivity contribution < 1.29 is 19.4 Å². The Kier molecular flexibility index (Phi) is 3.72. The Balaban J connectivity index is 2.31. The minimum atomic E-state index is -0.908. The number of hydrogen-bond donors (Lipinski definition) is 2. The quantitative estimate of drug-likeness (QED) is 0.853. The smallest absolute Gasteiger partial charge is 0.305 e. The molecule has 1 heterocycles. The van der Waals surface area contributed by atoms with Crippen molar-refractivity contribution in [2.45, 2.75) is 25.8 Å². The third-order valence-corrected chi connectivity index (χ3v) is 2.93. The highest BCUT2D eigenvalue weighted by atomic mass is 16.5. The topological polar surface area (TPSA) is 81.8 Å². The van der Waals surface area contributed by atoms with Gasteiger partial charge in [-0.15, -0.1) is 0 Å². The molecule has 0 saturated heterocycles. The molecule has 0 amide bonds. The molecule has 0 saturated carbocycles. The normalized spacial score (nSPS) is 15.9. The molecular weight excluding hydrogens is 234 g/mol. The van der Waals surface area contributed by atoms with E-state index in [1.165, 1.54) is 0 Å². The SMILES string of the molecule is Cc1cc2c(cc1C(N)CC(=O)O)OCCCO2. The molecule has 1 aliphatic heterocycles. The fraction of sp³-hybridized carbons (Fsp3) is 0.462. The minimum Gasteiger partial charge on any atom is -0.490 e. The van der Waals surface area contributed by atoms with Gasteiger partial charge in [-0.25, -0.2) is 0 Å².